The predicted molar refractivity (Wildman–Crippen MR) is 30.8 cm³/mol. The maximum absolute atomic E-state index is 9.79. The van der Waals surface area contributed by atoms with Crippen LogP contribution in [-0.4, -0.2) is 42.4 Å². The predicted octanol–water partition coefficient (Wildman–Crippen LogP) is -5.61. The summed E-state index contributed by atoms with van der Waals surface area (Å²) in [7, 11) is -4.50. The molecule has 6 nitrogen and oxygen atoms in total. The molecule has 0 aliphatic heterocycles. The van der Waals surface area contributed by atoms with Crippen molar-refractivity contribution in [1.82, 2.24) is 4.72 Å². The van der Waals surface area contributed by atoms with Crippen LogP contribution >= 0.6 is 0 Å². The van der Waals surface area contributed by atoms with Crippen LogP contribution in [-0.2, 0) is 10.3 Å². The van der Waals surface area contributed by atoms with Crippen LogP contribution in [0.25, 0.3) is 0 Å². The topological polar surface area (TPSA) is 110 Å². The fraction of sp³-hybridized carbons (Fsp3) is 1.00. The Labute approximate surface area is 107 Å². The van der Waals surface area contributed by atoms with Gasteiger partial charge in [0.25, 0.3) is 0 Å². The molecule has 0 radical (unpaired) electrons. The summed E-state index contributed by atoms with van der Waals surface area (Å²) < 4.78 is 30.9. The number of nitrogens with one attached hydrogen (secondary N) is 1. The first-order valence-corrected chi connectivity index (χ1v) is 3.86. The summed E-state index contributed by atoms with van der Waals surface area (Å²) in [6.45, 7) is -1.04. The molecule has 62 valence electrons. The molecule has 0 saturated heterocycles. The van der Waals surface area contributed by atoms with Gasteiger partial charge in [-0.2, -0.15) is 0 Å². The molecule has 0 aromatic rings. The van der Waals surface area contributed by atoms with Gasteiger partial charge >= 0.3 is 51.4 Å². The van der Waals surface area contributed by atoms with Crippen molar-refractivity contribution in [2.45, 2.75) is 6.10 Å². The number of aliphatic hydroxyl groups excluding tert-OH is 2. The van der Waals surface area contributed by atoms with Crippen molar-refractivity contribution in [3.8, 4) is 0 Å². The van der Waals surface area contributed by atoms with Crippen molar-refractivity contribution >= 4 is 10.3 Å². The van der Waals surface area contributed by atoms with Gasteiger partial charge in [0.05, 0.1) is 12.7 Å². The summed E-state index contributed by atoms with van der Waals surface area (Å²) in [4.78, 5) is 0. The van der Waals surface area contributed by atoms with Gasteiger partial charge in [0.2, 0.25) is 0 Å². The minimum absolute atomic E-state index is 0. The minimum Gasteiger partial charge on any atom is -0.735 e. The van der Waals surface area contributed by atoms with Gasteiger partial charge in [0.15, 0.2) is 10.3 Å². The van der Waals surface area contributed by atoms with Crippen molar-refractivity contribution < 1.29 is 74.6 Å². The average molecular weight is 209 g/mol. The Morgan fingerprint density at radius 3 is 2.27 bits per heavy atom. The molecule has 0 aliphatic carbocycles. The number of hydrogen-bond acceptors (Lipinski definition) is 5. The second-order valence-corrected chi connectivity index (χ2v) is 2.84. The summed E-state index contributed by atoms with van der Waals surface area (Å²) >= 11 is 0. The van der Waals surface area contributed by atoms with Gasteiger partial charge in [-0.25, -0.2) is 13.1 Å². The zero-order valence-electron chi connectivity index (χ0n) is 6.02. The molecule has 0 aliphatic rings. The van der Waals surface area contributed by atoms with Gasteiger partial charge in [-0.05, 0) is 0 Å². The van der Waals surface area contributed by atoms with Crippen molar-refractivity contribution in [3.63, 3.8) is 0 Å². The first kappa shape index (κ1) is 14.9. The summed E-state index contributed by atoms with van der Waals surface area (Å²) in [5, 5.41) is 16.7. The van der Waals surface area contributed by atoms with E-state index in [2.05, 4.69) is 0 Å². The summed E-state index contributed by atoms with van der Waals surface area (Å²) in [5.74, 6) is 0. The maximum atomic E-state index is 9.79. The molecule has 11 heavy (non-hydrogen) atoms. The van der Waals surface area contributed by atoms with E-state index >= 15 is 0 Å². The fourth-order valence-corrected chi connectivity index (χ4v) is 0.659. The van der Waals surface area contributed by atoms with Gasteiger partial charge in [0.1, 0.15) is 0 Å². The first-order valence-electron chi connectivity index (χ1n) is 2.45. The molecule has 0 saturated carbocycles. The van der Waals surface area contributed by atoms with E-state index in [1.807, 2.05) is 0 Å². The van der Waals surface area contributed by atoms with Crippen LogP contribution < -0.4 is 56.1 Å². The van der Waals surface area contributed by atoms with Crippen LogP contribution in [0.4, 0.5) is 0 Å². The Morgan fingerprint density at radius 1 is 1.55 bits per heavy atom. The van der Waals surface area contributed by atoms with E-state index in [1.54, 1.807) is 0 Å². The quantitative estimate of drug-likeness (QED) is 0.316. The Balaban J connectivity index is 0. The third kappa shape index (κ3) is 11.4. The number of rotatable bonds is 4. The van der Waals surface area contributed by atoms with Crippen molar-refractivity contribution in [2.75, 3.05) is 13.2 Å². The normalized spacial score (nSPS) is 13.7. The van der Waals surface area contributed by atoms with E-state index in [0.29, 0.717) is 0 Å². The molecule has 1 atom stereocenters. The molecule has 0 spiro atoms. The third-order valence-corrected chi connectivity index (χ3v) is 1.23. The molecular formula is C3H8KNO5S. The Bertz CT molecular complexity index is 180. The first-order chi connectivity index (χ1) is 4.45. The van der Waals surface area contributed by atoms with E-state index in [4.69, 9.17) is 10.2 Å². The molecule has 0 fully saturated rings. The van der Waals surface area contributed by atoms with Crippen LogP contribution in [0.3, 0.4) is 0 Å². The van der Waals surface area contributed by atoms with Crippen LogP contribution in [0.15, 0.2) is 0 Å². The second-order valence-electron chi connectivity index (χ2n) is 1.64. The summed E-state index contributed by atoms with van der Waals surface area (Å²) in [5.41, 5.74) is 0. The van der Waals surface area contributed by atoms with Gasteiger partial charge in [-0.3, -0.25) is 0 Å². The Kier molecular flexibility index (Phi) is 9.35. The van der Waals surface area contributed by atoms with Crippen molar-refractivity contribution in [3.05, 3.63) is 0 Å². The molecule has 0 bridgehead atoms. The molecule has 3 N–H and O–H groups in total. The Hall–Kier alpha value is 1.43. The summed E-state index contributed by atoms with van der Waals surface area (Å²) in [6, 6.07) is 0. The second kappa shape index (κ2) is 6.89. The van der Waals surface area contributed by atoms with E-state index in [-0.39, 0.29) is 51.4 Å². The molecule has 0 amide bonds. The van der Waals surface area contributed by atoms with Gasteiger partial charge < -0.3 is 14.8 Å². The standard InChI is InChI=1S/C3H9NO5S.K/c5-2-3(6)1-4-10(7,8)9;/h3-6H,1-2H2,(H,7,8,9);/q;+1/p-1. The van der Waals surface area contributed by atoms with E-state index in [1.165, 1.54) is 4.72 Å². The summed E-state index contributed by atoms with van der Waals surface area (Å²) in [6.07, 6.45) is -1.22. The zero-order chi connectivity index (χ0) is 8.20. The van der Waals surface area contributed by atoms with E-state index < -0.39 is 29.6 Å². The van der Waals surface area contributed by atoms with E-state index in [9.17, 15) is 13.0 Å². The molecule has 0 aromatic heterocycles. The number of hydrogen-bond donors (Lipinski definition) is 3. The van der Waals surface area contributed by atoms with Gasteiger partial charge in [0, 0.05) is 6.54 Å². The van der Waals surface area contributed by atoms with Crippen molar-refractivity contribution in [1.29, 1.82) is 0 Å². The van der Waals surface area contributed by atoms with Crippen LogP contribution in [0, 0.1) is 0 Å². The smallest absolute Gasteiger partial charge is 0.735 e. The van der Waals surface area contributed by atoms with Crippen LogP contribution in [0.5, 0.6) is 0 Å². The monoisotopic (exact) mass is 209 g/mol. The van der Waals surface area contributed by atoms with Crippen LogP contribution in [0.2, 0.25) is 0 Å². The van der Waals surface area contributed by atoms with Crippen LogP contribution in [0.1, 0.15) is 0 Å². The molecule has 0 heterocycles. The largest absolute Gasteiger partial charge is 1.00 e. The van der Waals surface area contributed by atoms with Gasteiger partial charge in [-0.15, -0.1) is 0 Å². The molecule has 1 unspecified atom stereocenters. The maximum Gasteiger partial charge on any atom is 1.00 e. The molecular weight excluding hydrogens is 201 g/mol. The van der Waals surface area contributed by atoms with Gasteiger partial charge in [-0.1, -0.05) is 0 Å². The zero-order valence-corrected chi connectivity index (χ0v) is 9.96. The molecule has 0 aromatic carbocycles. The fourth-order valence-electron chi connectivity index (χ4n) is 0.263. The molecule has 8 heteroatoms. The molecule has 0 rings (SSSR count). The third-order valence-electron chi connectivity index (χ3n) is 0.706. The van der Waals surface area contributed by atoms with Crippen molar-refractivity contribution in [2.24, 2.45) is 0 Å². The SMILES string of the molecule is O=S(=O)([O-])NCC(O)CO.[K+]. The van der Waals surface area contributed by atoms with E-state index in [0.717, 1.165) is 0 Å². The average Bonchev–Trinajstić information content (AvgIpc) is 1.81. The minimum atomic E-state index is -4.50. The Morgan fingerprint density at radius 2 is 2.00 bits per heavy atom. The number of aliphatic hydroxyl groups is 2.